The zero-order chi connectivity index (χ0) is 24.3. The van der Waals surface area contributed by atoms with Crippen molar-refractivity contribution in [3.8, 4) is 0 Å². The van der Waals surface area contributed by atoms with Gasteiger partial charge in [-0.25, -0.2) is 4.79 Å². The summed E-state index contributed by atoms with van der Waals surface area (Å²) in [6, 6.07) is 7.79. The van der Waals surface area contributed by atoms with Crippen molar-refractivity contribution in [1.82, 2.24) is 10.2 Å². The Kier molecular flexibility index (Phi) is 7.60. The maximum Gasteiger partial charge on any atom is 0.326 e. The van der Waals surface area contributed by atoms with E-state index < -0.39 is 24.1 Å². The number of aliphatic carboxylic acids is 1. The minimum atomic E-state index is -0.926. The molecule has 1 spiro atoms. The Labute approximate surface area is 202 Å². The van der Waals surface area contributed by atoms with Crippen molar-refractivity contribution >= 4 is 17.8 Å². The van der Waals surface area contributed by atoms with E-state index >= 15 is 0 Å². The van der Waals surface area contributed by atoms with Crippen LogP contribution in [0.5, 0.6) is 0 Å². The van der Waals surface area contributed by atoms with Crippen molar-refractivity contribution in [1.29, 1.82) is 0 Å². The van der Waals surface area contributed by atoms with Crippen LogP contribution in [0, 0.1) is 17.3 Å². The smallest absolute Gasteiger partial charge is 0.326 e. The summed E-state index contributed by atoms with van der Waals surface area (Å²) < 4.78 is 5.26. The van der Waals surface area contributed by atoms with Crippen molar-refractivity contribution in [2.45, 2.75) is 83.3 Å². The summed E-state index contributed by atoms with van der Waals surface area (Å²) in [6.07, 6.45) is 7.53. The third-order valence-corrected chi connectivity index (χ3v) is 8.39. The molecule has 0 aromatic heterocycles. The zero-order valence-corrected chi connectivity index (χ0v) is 20.4. The van der Waals surface area contributed by atoms with Gasteiger partial charge >= 0.3 is 11.9 Å². The van der Waals surface area contributed by atoms with Gasteiger partial charge in [-0.05, 0) is 75.2 Å². The summed E-state index contributed by atoms with van der Waals surface area (Å²) >= 11 is 0. The molecule has 3 saturated carbocycles. The van der Waals surface area contributed by atoms with Crippen LogP contribution in [0.15, 0.2) is 30.3 Å². The topological polar surface area (TPSA) is 95.9 Å². The summed E-state index contributed by atoms with van der Waals surface area (Å²) in [4.78, 5) is 39.9. The molecular weight excluding hydrogens is 432 g/mol. The monoisotopic (exact) mass is 470 g/mol. The van der Waals surface area contributed by atoms with Crippen molar-refractivity contribution in [3.05, 3.63) is 35.9 Å². The summed E-state index contributed by atoms with van der Waals surface area (Å²) in [5, 5.41) is 13.1. The Morgan fingerprint density at radius 3 is 2.44 bits per heavy atom. The van der Waals surface area contributed by atoms with E-state index in [-0.39, 0.29) is 23.9 Å². The number of carboxylic acid groups (broad SMARTS) is 1. The molecule has 1 aromatic carbocycles. The van der Waals surface area contributed by atoms with E-state index in [1.54, 1.807) is 18.7 Å². The van der Waals surface area contributed by atoms with E-state index in [0.717, 1.165) is 24.8 Å². The molecule has 1 heterocycles. The van der Waals surface area contributed by atoms with E-state index in [4.69, 9.17) is 4.74 Å². The van der Waals surface area contributed by atoms with Crippen molar-refractivity contribution in [2.24, 2.45) is 17.3 Å². The lowest BCUT2D eigenvalue weighted by Gasteiger charge is -2.50. The molecule has 3 aliphatic carbocycles. The molecule has 7 nitrogen and oxygen atoms in total. The van der Waals surface area contributed by atoms with Gasteiger partial charge in [-0.1, -0.05) is 43.2 Å². The second-order valence-electron chi connectivity index (χ2n) is 10.5. The fourth-order valence-electron chi connectivity index (χ4n) is 6.72. The highest BCUT2D eigenvalue weighted by molar-refractivity contribution is 5.88. The van der Waals surface area contributed by atoms with Crippen LogP contribution in [0.2, 0.25) is 0 Å². The third-order valence-electron chi connectivity index (χ3n) is 8.39. The molecule has 1 amide bonds. The normalized spacial score (nSPS) is 29.7. The van der Waals surface area contributed by atoms with Crippen LogP contribution < -0.4 is 5.32 Å². The van der Waals surface area contributed by atoms with E-state index in [9.17, 15) is 19.5 Å². The van der Waals surface area contributed by atoms with Gasteiger partial charge in [0.15, 0.2) is 0 Å². The van der Waals surface area contributed by atoms with Crippen LogP contribution in [0.25, 0.3) is 0 Å². The molecule has 2 bridgehead atoms. The molecule has 4 aliphatic rings. The standard InChI is InChI=1S/C27H38N2O5/c1-3-34-26(33)22(14-11-19-7-5-4-6-8-19)28-18(2)24(30)29-17-27(16-23(29)25(31)32)15-20-9-12-21(27)13-10-20/h4-8,18,20-23,28H,3,9-17H2,1-2H3,(H,31,32)/t18-,20?,21?,22+,23+,27+/m0/s1. The van der Waals surface area contributed by atoms with Gasteiger partial charge in [-0.3, -0.25) is 14.9 Å². The van der Waals surface area contributed by atoms with Crippen LogP contribution >= 0.6 is 0 Å². The van der Waals surface area contributed by atoms with Gasteiger partial charge in [0.1, 0.15) is 12.1 Å². The Balaban J connectivity index is 1.45. The van der Waals surface area contributed by atoms with Crippen LogP contribution in [0.1, 0.15) is 64.4 Å². The van der Waals surface area contributed by atoms with E-state index in [1.807, 2.05) is 30.3 Å². The SMILES string of the molecule is CCOC(=O)[C@@H](CCc1ccccc1)N[C@@H](C)C(=O)N1C[C@@]2(CC3CCC2CC3)C[C@@H]1C(=O)O. The highest BCUT2D eigenvalue weighted by atomic mass is 16.5. The molecule has 4 fully saturated rings. The number of hydrogen-bond acceptors (Lipinski definition) is 5. The molecule has 2 N–H and O–H groups in total. The lowest BCUT2D eigenvalue weighted by molar-refractivity contribution is -0.150. The van der Waals surface area contributed by atoms with E-state index in [2.05, 4.69) is 5.32 Å². The Morgan fingerprint density at radius 2 is 1.85 bits per heavy atom. The van der Waals surface area contributed by atoms with E-state index in [1.165, 1.54) is 12.8 Å². The number of nitrogens with one attached hydrogen (secondary N) is 1. The number of hydrogen-bond donors (Lipinski definition) is 2. The molecular formula is C27H38N2O5. The van der Waals surface area contributed by atoms with Gasteiger partial charge in [-0.2, -0.15) is 0 Å². The van der Waals surface area contributed by atoms with Gasteiger partial charge in [0.2, 0.25) is 5.91 Å². The number of carbonyl (C=O) groups excluding carboxylic acids is 2. The molecule has 0 radical (unpaired) electrons. The molecule has 5 rings (SSSR count). The number of esters is 1. The number of ether oxygens (including phenoxy) is 1. The van der Waals surface area contributed by atoms with Crippen LogP contribution in [0.4, 0.5) is 0 Å². The second-order valence-corrected chi connectivity index (χ2v) is 10.5. The Hall–Kier alpha value is -2.41. The number of carbonyl (C=O) groups is 3. The molecule has 1 aromatic rings. The minimum absolute atomic E-state index is 0.0620. The fourth-order valence-corrected chi connectivity index (χ4v) is 6.72. The quantitative estimate of drug-likeness (QED) is 0.537. The molecule has 0 unspecified atom stereocenters. The van der Waals surface area contributed by atoms with Gasteiger partial charge in [0, 0.05) is 6.54 Å². The predicted molar refractivity (Wildman–Crippen MR) is 128 cm³/mol. The molecule has 186 valence electrons. The van der Waals surface area contributed by atoms with Crippen LogP contribution in [0.3, 0.4) is 0 Å². The van der Waals surface area contributed by atoms with E-state index in [0.29, 0.717) is 37.6 Å². The predicted octanol–water partition coefficient (Wildman–Crippen LogP) is 3.41. The number of likely N-dealkylation sites (tertiary alicyclic amines) is 1. The first-order chi connectivity index (χ1) is 16.3. The maximum atomic E-state index is 13.5. The third kappa shape index (κ3) is 5.14. The Morgan fingerprint density at radius 1 is 1.15 bits per heavy atom. The average Bonchev–Trinajstić information content (AvgIpc) is 3.21. The number of amides is 1. The lowest BCUT2D eigenvalue weighted by atomic mass is 9.55. The minimum Gasteiger partial charge on any atom is -0.480 e. The number of carboxylic acids is 1. The van der Waals surface area contributed by atoms with Crippen molar-refractivity contribution in [3.63, 3.8) is 0 Å². The van der Waals surface area contributed by atoms with Crippen LogP contribution in [-0.4, -0.2) is 59.1 Å². The van der Waals surface area contributed by atoms with Crippen molar-refractivity contribution in [2.75, 3.05) is 13.2 Å². The number of nitrogens with zero attached hydrogens (tertiary/aromatic N) is 1. The number of benzene rings is 1. The zero-order valence-electron chi connectivity index (χ0n) is 20.4. The van der Waals surface area contributed by atoms with Crippen LogP contribution in [-0.2, 0) is 25.5 Å². The average molecular weight is 471 g/mol. The number of fused-ring (bicyclic) bond motifs is 2. The lowest BCUT2D eigenvalue weighted by Crippen LogP contribution is -2.54. The number of rotatable bonds is 9. The van der Waals surface area contributed by atoms with Gasteiger partial charge in [-0.15, -0.1) is 0 Å². The first-order valence-electron chi connectivity index (χ1n) is 12.8. The molecule has 7 heteroatoms. The molecule has 34 heavy (non-hydrogen) atoms. The summed E-state index contributed by atoms with van der Waals surface area (Å²) in [6.45, 7) is 4.28. The van der Waals surface area contributed by atoms with Crippen molar-refractivity contribution < 1.29 is 24.2 Å². The summed E-state index contributed by atoms with van der Waals surface area (Å²) in [5.41, 5.74) is 1.05. The molecule has 1 aliphatic heterocycles. The Bertz CT molecular complexity index is 882. The first-order valence-corrected chi connectivity index (χ1v) is 12.8. The highest BCUT2D eigenvalue weighted by Gasteiger charge is 2.56. The maximum absolute atomic E-state index is 13.5. The molecule has 4 atom stereocenters. The van der Waals surface area contributed by atoms with Gasteiger partial charge < -0.3 is 14.7 Å². The second kappa shape index (κ2) is 10.5. The van der Waals surface area contributed by atoms with Gasteiger partial charge in [0.25, 0.3) is 0 Å². The largest absolute Gasteiger partial charge is 0.480 e. The highest BCUT2D eigenvalue weighted by Crippen LogP contribution is 2.57. The summed E-state index contributed by atoms with van der Waals surface area (Å²) in [7, 11) is 0. The van der Waals surface area contributed by atoms with Gasteiger partial charge in [0.05, 0.1) is 12.6 Å². The summed E-state index contributed by atoms with van der Waals surface area (Å²) in [5.74, 6) is -0.366. The number of aryl methyl sites for hydroxylation is 1. The fraction of sp³-hybridized carbons (Fsp3) is 0.667. The molecule has 1 saturated heterocycles. The first kappa shape index (κ1) is 24.7.